The number of hydrogen-bond donors (Lipinski definition) is 1. The van der Waals surface area contributed by atoms with Crippen LogP contribution in [-0.4, -0.2) is 26.0 Å². The van der Waals surface area contributed by atoms with Crippen LogP contribution in [-0.2, 0) is 0 Å². The van der Waals surface area contributed by atoms with Gasteiger partial charge in [0.05, 0.1) is 0 Å². The van der Waals surface area contributed by atoms with Crippen molar-refractivity contribution in [3.8, 4) is 11.1 Å². The van der Waals surface area contributed by atoms with Crippen molar-refractivity contribution in [1.29, 1.82) is 0 Å². The monoisotopic (exact) mass is 265 g/mol. The summed E-state index contributed by atoms with van der Waals surface area (Å²) < 4.78 is 0.510. The van der Waals surface area contributed by atoms with E-state index in [-0.39, 0.29) is 5.56 Å². The summed E-state index contributed by atoms with van der Waals surface area (Å²) in [6.45, 7) is 2.01. The number of aryl methyl sites for hydroxylation is 1. The van der Waals surface area contributed by atoms with Crippen LogP contribution in [0, 0.1) is 6.92 Å². The molecule has 4 heteroatoms. The second-order valence-electron chi connectivity index (χ2n) is 3.30. The van der Waals surface area contributed by atoms with Crippen LogP contribution in [0.15, 0.2) is 35.3 Å². The number of rotatable bonds is 1. The molecule has 1 N–H and O–H groups in total. The van der Waals surface area contributed by atoms with Gasteiger partial charge in [0, 0.05) is 0 Å². The first kappa shape index (κ1) is 10.1. The van der Waals surface area contributed by atoms with E-state index in [2.05, 4.69) is 26.0 Å². The van der Waals surface area contributed by atoms with Crippen molar-refractivity contribution in [3.63, 3.8) is 0 Å². The number of hydrogen-bond acceptors (Lipinski definition) is 2. The van der Waals surface area contributed by atoms with Crippen LogP contribution < -0.4 is 10.3 Å². The number of nitrogens with zero attached hydrogens (tertiary/aromatic N) is 1. The molecular weight excluding hydrogens is 255 g/mol. The summed E-state index contributed by atoms with van der Waals surface area (Å²) in [6, 6.07) is 7.78. The van der Waals surface area contributed by atoms with Crippen molar-refractivity contribution < 1.29 is 0 Å². The van der Waals surface area contributed by atoms with Crippen LogP contribution in [0.5, 0.6) is 0 Å². The van der Waals surface area contributed by atoms with Crippen LogP contribution in [0.2, 0.25) is 0 Å². The number of aromatic nitrogens is 2. The molecule has 1 aromatic heterocycles. The molecule has 0 fully saturated rings. The van der Waals surface area contributed by atoms with Crippen molar-refractivity contribution in [2.75, 3.05) is 0 Å². The molecule has 0 amide bonds. The Kier molecular flexibility index (Phi) is 2.71. The number of aromatic amines is 1. The standard InChI is InChI=1S/C11H9N2OSe/c1-7-2-4-8(5-3-7)9-6-12-11(15)13-10(9)14/h2-6H,1H3,(H,12,13,14). The second kappa shape index (κ2) is 4.01. The fourth-order valence-corrected chi connectivity index (χ4v) is 1.62. The van der Waals surface area contributed by atoms with Gasteiger partial charge in [-0.1, -0.05) is 0 Å². The van der Waals surface area contributed by atoms with Gasteiger partial charge in [-0.25, -0.2) is 0 Å². The average molecular weight is 264 g/mol. The van der Waals surface area contributed by atoms with E-state index in [4.69, 9.17) is 0 Å². The first-order valence-electron chi connectivity index (χ1n) is 4.50. The van der Waals surface area contributed by atoms with E-state index in [9.17, 15) is 4.79 Å². The van der Waals surface area contributed by atoms with E-state index in [0.717, 1.165) is 5.56 Å². The Morgan fingerprint density at radius 2 is 1.93 bits per heavy atom. The molecule has 0 bridgehead atoms. The SMILES string of the molecule is Cc1ccc(-c2cnc([Se])[nH]c2=O)cc1. The van der Waals surface area contributed by atoms with E-state index in [1.54, 1.807) is 6.20 Å². The summed E-state index contributed by atoms with van der Waals surface area (Å²) in [5, 5.41) is 0. The zero-order valence-corrected chi connectivity index (χ0v) is 9.86. The Hall–Kier alpha value is -1.38. The minimum atomic E-state index is -0.123. The van der Waals surface area contributed by atoms with Crippen LogP contribution in [0.25, 0.3) is 11.1 Å². The molecule has 3 nitrogen and oxygen atoms in total. The van der Waals surface area contributed by atoms with E-state index in [0.29, 0.717) is 10.3 Å². The Morgan fingerprint density at radius 1 is 1.27 bits per heavy atom. The summed E-state index contributed by atoms with van der Waals surface area (Å²) in [6.07, 6.45) is 1.58. The minimum absolute atomic E-state index is 0.123. The molecule has 0 atom stereocenters. The maximum atomic E-state index is 11.6. The van der Waals surface area contributed by atoms with Gasteiger partial charge in [0.2, 0.25) is 0 Å². The van der Waals surface area contributed by atoms with E-state index < -0.39 is 0 Å². The van der Waals surface area contributed by atoms with Gasteiger partial charge < -0.3 is 0 Å². The molecule has 0 saturated carbocycles. The molecular formula is C11H9N2OSe. The van der Waals surface area contributed by atoms with Crippen molar-refractivity contribution in [1.82, 2.24) is 9.97 Å². The quantitative estimate of drug-likeness (QED) is 0.764. The van der Waals surface area contributed by atoms with Crippen molar-refractivity contribution in [3.05, 3.63) is 46.4 Å². The first-order chi connectivity index (χ1) is 7.16. The molecule has 2 aromatic rings. The Morgan fingerprint density at radius 3 is 2.53 bits per heavy atom. The molecule has 0 saturated heterocycles. The van der Waals surface area contributed by atoms with Crippen LogP contribution in [0.1, 0.15) is 5.56 Å². The molecule has 1 heterocycles. The van der Waals surface area contributed by atoms with E-state index in [1.807, 2.05) is 31.2 Å². The summed E-state index contributed by atoms with van der Waals surface area (Å²) in [4.78, 5) is 18.3. The molecule has 2 rings (SSSR count). The summed E-state index contributed by atoms with van der Waals surface area (Å²) >= 11 is 2.66. The number of benzene rings is 1. The predicted molar refractivity (Wildman–Crippen MR) is 60.4 cm³/mol. The van der Waals surface area contributed by atoms with Crippen molar-refractivity contribution in [2.24, 2.45) is 0 Å². The van der Waals surface area contributed by atoms with E-state index >= 15 is 0 Å². The van der Waals surface area contributed by atoms with Gasteiger partial charge in [-0.3, -0.25) is 0 Å². The van der Waals surface area contributed by atoms with Gasteiger partial charge in [-0.2, -0.15) is 0 Å². The topological polar surface area (TPSA) is 45.8 Å². The third-order valence-corrected chi connectivity index (χ3v) is 2.57. The predicted octanol–water partition coefficient (Wildman–Crippen LogP) is 0.539. The average Bonchev–Trinajstić information content (AvgIpc) is 2.20. The normalized spacial score (nSPS) is 10.2. The van der Waals surface area contributed by atoms with Gasteiger partial charge in [0.15, 0.2) is 0 Å². The third kappa shape index (κ3) is 2.17. The molecule has 0 aliphatic heterocycles. The summed E-state index contributed by atoms with van der Waals surface area (Å²) in [5.74, 6) is 0. The molecule has 1 aromatic carbocycles. The van der Waals surface area contributed by atoms with Crippen LogP contribution in [0.4, 0.5) is 0 Å². The molecule has 15 heavy (non-hydrogen) atoms. The Balaban J connectivity index is 2.55. The van der Waals surface area contributed by atoms with E-state index in [1.165, 1.54) is 5.56 Å². The number of H-pyrrole nitrogens is 1. The van der Waals surface area contributed by atoms with Gasteiger partial charge >= 0.3 is 95.1 Å². The maximum absolute atomic E-state index is 11.6. The fraction of sp³-hybridized carbons (Fsp3) is 0.0909. The Labute approximate surface area is 95.4 Å². The zero-order chi connectivity index (χ0) is 10.8. The third-order valence-electron chi connectivity index (χ3n) is 2.14. The Bertz CT molecular complexity index is 531. The molecule has 0 spiro atoms. The molecule has 1 radical (unpaired) electrons. The zero-order valence-electron chi connectivity index (χ0n) is 8.15. The van der Waals surface area contributed by atoms with Gasteiger partial charge in [0.25, 0.3) is 0 Å². The van der Waals surface area contributed by atoms with Gasteiger partial charge in [0.1, 0.15) is 0 Å². The van der Waals surface area contributed by atoms with Crippen LogP contribution >= 0.6 is 0 Å². The molecule has 0 aliphatic rings. The van der Waals surface area contributed by atoms with Gasteiger partial charge in [-0.05, 0) is 0 Å². The number of nitrogens with one attached hydrogen (secondary N) is 1. The summed E-state index contributed by atoms with van der Waals surface area (Å²) in [5.41, 5.74) is 2.52. The van der Waals surface area contributed by atoms with Gasteiger partial charge in [-0.15, -0.1) is 0 Å². The van der Waals surface area contributed by atoms with Crippen molar-refractivity contribution >= 4 is 20.7 Å². The van der Waals surface area contributed by atoms with Crippen LogP contribution in [0.3, 0.4) is 0 Å². The molecule has 0 unspecified atom stereocenters. The molecule has 75 valence electrons. The fourth-order valence-electron chi connectivity index (χ4n) is 1.32. The first-order valence-corrected chi connectivity index (χ1v) is 5.36. The second-order valence-corrected chi connectivity index (χ2v) is 4.11. The van der Waals surface area contributed by atoms with Crippen molar-refractivity contribution in [2.45, 2.75) is 6.92 Å². The summed E-state index contributed by atoms with van der Waals surface area (Å²) in [7, 11) is 0. The molecule has 0 aliphatic carbocycles.